The van der Waals surface area contributed by atoms with Gasteiger partial charge in [0.2, 0.25) is 10.9 Å². The molecule has 3 aromatic heterocycles. The Hall–Kier alpha value is -4.67. The van der Waals surface area contributed by atoms with Crippen LogP contribution in [0.25, 0.3) is 21.7 Å². The number of rotatable bonds is 7. The minimum atomic E-state index is -1.04. The minimum Gasteiger partial charge on any atom is -0.503 e. The fraction of sp³-hybridized carbons (Fsp3) is 0.0667. The summed E-state index contributed by atoms with van der Waals surface area (Å²) in [5.74, 6) is -1.07. The van der Waals surface area contributed by atoms with Crippen LogP contribution in [0, 0.1) is 0 Å². The molecule has 7 rings (SSSR count). The number of fused-ring (bicyclic) bond motifs is 2. The van der Waals surface area contributed by atoms with Crippen LogP contribution in [0.3, 0.4) is 0 Å². The van der Waals surface area contributed by atoms with E-state index >= 15 is 0 Å². The van der Waals surface area contributed by atoms with Crippen LogP contribution in [0.15, 0.2) is 116 Å². The second-order valence-corrected chi connectivity index (χ2v) is 11.3. The van der Waals surface area contributed by atoms with E-state index in [1.165, 1.54) is 34.3 Å². The molecule has 1 unspecified atom stereocenters. The van der Waals surface area contributed by atoms with Crippen LogP contribution in [-0.2, 0) is 10.5 Å². The second-order valence-electron chi connectivity index (χ2n) is 9.11. The molecular weight excluding hydrogens is 546 g/mol. The lowest BCUT2D eigenvalue weighted by Gasteiger charge is -2.21. The molecule has 40 heavy (non-hydrogen) atoms. The molecule has 1 atom stereocenters. The molecule has 196 valence electrons. The molecule has 0 radical (unpaired) electrons. The van der Waals surface area contributed by atoms with Crippen molar-refractivity contribution in [3.05, 3.63) is 120 Å². The minimum absolute atomic E-state index is 0.0116. The summed E-state index contributed by atoms with van der Waals surface area (Å²) in [4.78, 5) is 28.3. The van der Waals surface area contributed by atoms with Gasteiger partial charge in [-0.3, -0.25) is 14.5 Å². The lowest BCUT2D eigenvalue weighted by atomic mass is 10.00. The number of anilines is 1. The average molecular weight is 566 g/mol. The Labute approximate surface area is 235 Å². The molecule has 10 heteroatoms. The van der Waals surface area contributed by atoms with Gasteiger partial charge >= 0.3 is 0 Å². The number of aliphatic hydroxyl groups excluding tert-OH is 1. The molecule has 1 amide bonds. The van der Waals surface area contributed by atoms with Gasteiger partial charge in [0.15, 0.2) is 15.9 Å². The monoisotopic (exact) mass is 565 g/mol. The fourth-order valence-electron chi connectivity index (χ4n) is 4.89. The van der Waals surface area contributed by atoms with E-state index in [1.54, 1.807) is 30.3 Å². The van der Waals surface area contributed by atoms with Gasteiger partial charge in [0.05, 0.1) is 11.8 Å². The lowest BCUT2D eigenvalue weighted by molar-refractivity contribution is -0.117. The topological polar surface area (TPSA) is 110 Å². The van der Waals surface area contributed by atoms with Gasteiger partial charge in [-0.2, -0.15) is 0 Å². The zero-order valence-corrected chi connectivity index (χ0v) is 22.3. The number of hydrogen-bond donors (Lipinski definition) is 1. The Morgan fingerprint density at radius 3 is 2.60 bits per heavy atom. The average Bonchev–Trinajstić information content (AvgIpc) is 3.78. The van der Waals surface area contributed by atoms with E-state index in [2.05, 4.69) is 34.5 Å². The van der Waals surface area contributed by atoms with Gasteiger partial charge in [-0.05, 0) is 40.6 Å². The van der Waals surface area contributed by atoms with Gasteiger partial charge < -0.3 is 13.9 Å². The van der Waals surface area contributed by atoms with Gasteiger partial charge in [-0.1, -0.05) is 83.8 Å². The van der Waals surface area contributed by atoms with E-state index < -0.39 is 23.5 Å². The van der Waals surface area contributed by atoms with Gasteiger partial charge in [-0.15, -0.1) is 10.2 Å². The van der Waals surface area contributed by atoms with Crippen molar-refractivity contribution in [2.45, 2.75) is 16.1 Å². The summed E-state index contributed by atoms with van der Waals surface area (Å²) in [6.45, 7) is 0. The predicted molar refractivity (Wildman–Crippen MR) is 153 cm³/mol. The van der Waals surface area contributed by atoms with Crippen LogP contribution in [0.4, 0.5) is 5.13 Å². The molecule has 0 saturated heterocycles. The molecule has 1 N–H and O–H groups in total. The zero-order chi connectivity index (χ0) is 27.2. The highest BCUT2D eigenvalue weighted by molar-refractivity contribution is 8.00. The van der Waals surface area contributed by atoms with E-state index in [9.17, 15) is 14.7 Å². The summed E-state index contributed by atoms with van der Waals surface area (Å²) >= 11 is 2.71. The Balaban J connectivity index is 1.20. The summed E-state index contributed by atoms with van der Waals surface area (Å²) < 4.78 is 12.0. The summed E-state index contributed by atoms with van der Waals surface area (Å²) in [6, 6.07) is 25.4. The number of Topliss-reactive ketones (excluding diaryl/α,β-unsaturated/α-hetero) is 1. The first-order valence-corrected chi connectivity index (χ1v) is 14.1. The number of nitrogens with zero attached hydrogens (tertiary/aromatic N) is 3. The number of carbonyl (C=O) groups is 2. The first-order valence-electron chi connectivity index (χ1n) is 12.3. The fourth-order valence-corrected chi connectivity index (χ4v) is 6.76. The second kappa shape index (κ2) is 9.82. The maximum absolute atomic E-state index is 13.7. The van der Waals surface area contributed by atoms with E-state index in [0.29, 0.717) is 21.4 Å². The van der Waals surface area contributed by atoms with Gasteiger partial charge in [0.1, 0.15) is 17.4 Å². The number of carbonyl (C=O) groups excluding carboxylic acids is 2. The highest BCUT2D eigenvalue weighted by Gasteiger charge is 2.48. The van der Waals surface area contributed by atoms with Gasteiger partial charge in [0, 0.05) is 11.1 Å². The standard InChI is InChI=1S/C30H19N3O5S2/c34-26(23-15-18-8-2-4-12-21(18)38-23)24-25(22-13-6-14-37-22)33(28(36)27(24)35)29-31-32-30(40-29)39-16-19-10-5-9-17-7-1-3-11-20(17)19/h1-15,25,35H,16H2. The normalized spacial score (nSPS) is 15.6. The molecule has 0 spiro atoms. The molecular formula is C30H19N3O5S2. The van der Waals surface area contributed by atoms with Crippen molar-refractivity contribution in [3.63, 3.8) is 0 Å². The summed E-state index contributed by atoms with van der Waals surface area (Å²) in [5.41, 5.74) is 1.54. The molecule has 6 aromatic rings. The third-order valence-corrected chi connectivity index (χ3v) is 8.85. The number of ketones is 1. The van der Waals surface area contributed by atoms with Crippen LogP contribution in [0.1, 0.15) is 27.9 Å². The van der Waals surface area contributed by atoms with Crippen molar-refractivity contribution in [2.24, 2.45) is 0 Å². The third kappa shape index (κ3) is 4.09. The van der Waals surface area contributed by atoms with Gasteiger partial charge in [0.25, 0.3) is 5.91 Å². The van der Waals surface area contributed by atoms with E-state index in [-0.39, 0.29) is 16.5 Å². The number of aromatic nitrogens is 2. The Bertz CT molecular complexity index is 1900. The number of amides is 1. The van der Waals surface area contributed by atoms with E-state index in [1.807, 2.05) is 30.3 Å². The number of thioether (sulfide) groups is 1. The molecule has 8 nitrogen and oxygen atoms in total. The molecule has 0 fully saturated rings. The van der Waals surface area contributed by atoms with Crippen LogP contribution >= 0.6 is 23.1 Å². The molecule has 0 bridgehead atoms. The maximum atomic E-state index is 13.7. The maximum Gasteiger partial charge on any atom is 0.296 e. The van der Waals surface area contributed by atoms with Crippen LogP contribution < -0.4 is 4.90 Å². The summed E-state index contributed by atoms with van der Waals surface area (Å²) in [5, 5.41) is 22.8. The van der Waals surface area contributed by atoms with Gasteiger partial charge in [-0.25, -0.2) is 0 Å². The molecule has 0 saturated carbocycles. The van der Waals surface area contributed by atoms with Crippen LogP contribution in [-0.4, -0.2) is 27.0 Å². The Morgan fingerprint density at radius 2 is 1.77 bits per heavy atom. The highest BCUT2D eigenvalue weighted by Crippen LogP contribution is 2.44. The Morgan fingerprint density at radius 1 is 0.975 bits per heavy atom. The number of para-hydroxylation sites is 1. The number of aliphatic hydroxyl groups is 1. The zero-order valence-electron chi connectivity index (χ0n) is 20.7. The van der Waals surface area contributed by atoms with Crippen LogP contribution in [0.5, 0.6) is 0 Å². The first-order chi connectivity index (χ1) is 19.6. The molecule has 4 heterocycles. The lowest BCUT2D eigenvalue weighted by Crippen LogP contribution is -2.30. The first kappa shape index (κ1) is 24.4. The summed E-state index contributed by atoms with van der Waals surface area (Å²) in [7, 11) is 0. The number of furan rings is 2. The summed E-state index contributed by atoms with van der Waals surface area (Å²) in [6.07, 6.45) is 1.45. The highest BCUT2D eigenvalue weighted by atomic mass is 32.2. The third-order valence-electron chi connectivity index (χ3n) is 6.75. The van der Waals surface area contributed by atoms with E-state index in [4.69, 9.17) is 8.83 Å². The largest absolute Gasteiger partial charge is 0.503 e. The van der Waals surface area contributed by atoms with Crippen molar-refractivity contribution in [1.82, 2.24) is 10.2 Å². The van der Waals surface area contributed by atoms with Crippen molar-refractivity contribution < 1.29 is 23.5 Å². The SMILES string of the molecule is O=C(C1=C(O)C(=O)N(c2nnc(SCc3cccc4ccccc34)s2)C1c1ccco1)c1cc2ccccc2o1. The smallest absolute Gasteiger partial charge is 0.296 e. The van der Waals surface area contributed by atoms with Crippen LogP contribution in [0.2, 0.25) is 0 Å². The number of benzene rings is 3. The molecule has 3 aromatic carbocycles. The molecule has 0 aliphatic carbocycles. The van der Waals surface area contributed by atoms with Crippen molar-refractivity contribution in [1.29, 1.82) is 0 Å². The number of hydrogen-bond acceptors (Lipinski definition) is 9. The predicted octanol–water partition coefficient (Wildman–Crippen LogP) is 7.11. The van der Waals surface area contributed by atoms with Crippen molar-refractivity contribution in [2.75, 3.05) is 4.90 Å². The molecule has 1 aliphatic rings. The van der Waals surface area contributed by atoms with E-state index in [0.717, 1.165) is 21.7 Å². The van der Waals surface area contributed by atoms with Crippen molar-refractivity contribution in [3.8, 4) is 0 Å². The molecule has 1 aliphatic heterocycles. The Kier molecular flexibility index (Phi) is 5.98. The quantitative estimate of drug-likeness (QED) is 0.124. The van der Waals surface area contributed by atoms with Crippen molar-refractivity contribution >= 4 is 61.7 Å².